The number of alkyl halides is 3. The summed E-state index contributed by atoms with van der Waals surface area (Å²) in [6.45, 7) is 5.07. The molecule has 0 bridgehead atoms. The quantitative estimate of drug-likeness (QED) is 0.460. The van der Waals surface area contributed by atoms with Gasteiger partial charge in [-0.05, 0) is 36.8 Å². The SMILES string of the molecule is [C-]#[N+]c1ccc(S(=O)(=O)[C@H]2CN(S(=O)(=O)c3ccc(C(F)(F)F)cc3C)C[C@@]2(O)CO)cc1F. The first kappa shape index (κ1) is 26.0. The van der Waals surface area contributed by atoms with Crippen molar-refractivity contribution in [1.29, 1.82) is 0 Å². The van der Waals surface area contributed by atoms with Crippen molar-refractivity contribution in [2.75, 3.05) is 19.7 Å². The molecule has 34 heavy (non-hydrogen) atoms. The van der Waals surface area contributed by atoms with Crippen LogP contribution in [0.1, 0.15) is 11.1 Å². The number of aliphatic hydroxyl groups is 2. The summed E-state index contributed by atoms with van der Waals surface area (Å²) in [7, 11) is -9.22. The molecule has 1 aliphatic rings. The zero-order valence-corrected chi connectivity index (χ0v) is 19.0. The maximum Gasteiger partial charge on any atom is 0.416 e. The highest BCUT2D eigenvalue weighted by atomic mass is 32.2. The van der Waals surface area contributed by atoms with Gasteiger partial charge >= 0.3 is 6.18 Å². The van der Waals surface area contributed by atoms with Gasteiger partial charge in [0.1, 0.15) is 16.7 Å². The monoisotopic (exact) mass is 522 g/mol. The highest BCUT2D eigenvalue weighted by molar-refractivity contribution is 7.92. The molecule has 0 radical (unpaired) electrons. The van der Waals surface area contributed by atoms with Gasteiger partial charge in [-0.25, -0.2) is 26.1 Å². The molecule has 1 fully saturated rings. The first-order valence-electron chi connectivity index (χ1n) is 9.50. The van der Waals surface area contributed by atoms with Crippen LogP contribution in [0.3, 0.4) is 0 Å². The fourth-order valence-electron chi connectivity index (χ4n) is 3.72. The molecule has 1 aliphatic heterocycles. The minimum atomic E-state index is -4.71. The minimum absolute atomic E-state index is 0.259. The maximum absolute atomic E-state index is 14.0. The molecule has 0 aliphatic carbocycles. The Labute approximate surface area is 192 Å². The predicted octanol–water partition coefficient (Wildman–Crippen LogP) is 2.27. The summed E-state index contributed by atoms with van der Waals surface area (Å²) in [6.07, 6.45) is -4.71. The van der Waals surface area contributed by atoms with Crippen molar-refractivity contribution in [3.8, 4) is 0 Å². The van der Waals surface area contributed by atoms with Crippen LogP contribution in [0, 0.1) is 19.3 Å². The molecule has 0 aromatic heterocycles. The van der Waals surface area contributed by atoms with Gasteiger partial charge in [0.25, 0.3) is 0 Å². The summed E-state index contributed by atoms with van der Waals surface area (Å²) >= 11 is 0. The van der Waals surface area contributed by atoms with E-state index >= 15 is 0 Å². The first-order valence-corrected chi connectivity index (χ1v) is 12.5. The van der Waals surface area contributed by atoms with E-state index in [0.29, 0.717) is 22.5 Å². The molecule has 184 valence electrons. The van der Waals surface area contributed by atoms with E-state index in [1.807, 2.05) is 0 Å². The number of sulfone groups is 1. The van der Waals surface area contributed by atoms with Gasteiger partial charge in [0, 0.05) is 13.1 Å². The van der Waals surface area contributed by atoms with Crippen molar-refractivity contribution < 1.29 is 44.6 Å². The fraction of sp³-hybridized carbons (Fsp3) is 0.350. The van der Waals surface area contributed by atoms with Gasteiger partial charge in [-0.1, -0.05) is 12.1 Å². The third-order valence-electron chi connectivity index (χ3n) is 5.56. The van der Waals surface area contributed by atoms with Crippen molar-refractivity contribution in [2.45, 2.75) is 33.7 Å². The highest BCUT2D eigenvalue weighted by Gasteiger charge is 2.55. The Bertz CT molecular complexity index is 1390. The van der Waals surface area contributed by atoms with E-state index in [9.17, 15) is 44.6 Å². The summed E-state index contributed by atoms with van der Waals surface area (Å²) in [6, 6.07) is 4.29. The number of nitrogens with zero attached hydrogens (tertiary/aromatic N) is 2. The summed E-state index contributed by atoms with van der Waals surface area (Å²) in [5.41, 5.74) is -4.28. The summed E-state index contributed by atoms with van der Waals surface area (Å²) in [5, 5.41) is 18.6. The number of halogens is 4. The molecule has 14 heteroatoms. The maximum atomic E-state index is 14.0. The summed E-state index contributed by atoms with van der Waals surface area (Å²) in [4.78, 5) is 1.70. The Balaban J connectivity index is 2.03. The Kier molecular flexibility index (Phi) is 6.57. The Morgan fingerprint density at radius 2 is 1.82 bits per heavy atom. The van der Waals surface area contributed by atoms with E-state index in [1.165, 1.54) is 0 Å². The van der Waals surface area contributed by atoms with Gasteiger partial charge in [0.2, 0.25) is 15.7 Å². The molecule has 0 unspecified atom stereocenters. The molecule has 2 N–H and O–H groups in total. The molecule has 0 saturated carbocycles. The van der Waals surface area contributed by atoms with E-state index in [-0.39, 0.29) is 5.56 Å². The number of β-amino-alcohol motifs (C(OH)–C–C–N with tert-alkyl or cyclic N) is 1. The first-order chi connectivity index (χ1) is 15.6. The molecule has 8 nitrogen and oxygen atoms in total. The molecule has 0 spiro atoms. The van der Waals surface area contributed by atoms with Crippen LogP contribution >= 0.6 is 0 Å². The van der Waals surface area contributed by atoms with E-state index in [2.05, 4.69) is 4.85 Å². The number of hydrogen-bond donors (Lipinski definition) is 2. The Hall–Kier alpha value is -2.57. The van der Waals surface area contributed by atoms with E-state index in [0.717, 1.165) is 25.1 Å². The molecule has 1 saturated heterocycles. The number of sulfonamides is 1. The van der Waals surface area contributed by atoms with Crippen LogP contribution in [0.25, 0.3) is 4.85 Å². The predicted molar refractivity (Wildman–Crippen MR) is 111 cm³/mol. The summed E-state index contributed by atoms with van der Waals surface area (Å²) in [5.74, 6) is -1.15. The van der Waals surface area contributed by atoms with E-state index < -0.39 is 83.4 Å². The lowest BCUT2D eigenvalue weighted by Crippen LogP contribution is -2.49. The van der Waals surface area contributed by atoms with Crippen molar-refractivity contribution in [3.63, 3.8) is 0 Å². The van der Waals surface area contributed by atoms with Crippen molar-refractivity contribution in [2.24, 2.45) is 0 Å². The molecule has 2 atom stereocenters. The standard InChI is InChI=1S/C20H18F4N2O6S2/c1-12-7-13(20(22,23)24)3-6-17(12)34(31,32)26-9-18(19(28,10-26)11-27)33(29,30)14-4-5-16(25-2)15(21)8-14/h3-8,18,27-28H,9-11H2,1H3/t18-,19+/m0/s1. The average Bonchev–Trinajstić information content (AvgIpc) is 3.12. The van der Waals surface area contributed by atoms with Crippen LogP contribution in [-0.2, 0) is 26.0 Å². The van der Waals surface area contributed by atoms with E-state index in [4.69, 9.17) is 6.57 Å². The van der Waals surface area contributed by atoms with Crippen LogP contribution in [0.5, 0.6) is 0 Å². The Morgan fingerprint density at radius 1 is 1.18 bits per heavy atom. The van der Waals surface area contributed by atoms with Crippen LogP contribution in [0.4, 0.5) is 23.2 Å². The number of aryl methyl sites for hydroxylation is 1. The minimum Gasteiger partial charge on any atom is -0.393 e. The van der Waals surface area contributed by atoms with E-state index in [1.54, 1.807) is 0 Å². The van der Waals surface area contributed by atoms with Gasteiger partial charge in [0.05, 0.1) is 28.5 Å². The van der Waals surface area contributed by atoms with Crippen LogP contribution in [0.2, 0.25) is 0 Å². The van der Waals surface area contributed by atoms with Gasteiger partial charge in [0.15, 0.2) is 9.84 Å². The molecule has 2 aromatic rings. The topological polar surface area (TPSA) is 116 Å². The van der Waals surface area contributed by atoms with Crippen LogP contribution in [0.15, 0.2) is 46.2 Å². The fourth-order valence-corrected chi connectivity index (χ4v) is 7.50. The lowest BCUT2D eigenvalue weighted by molar-refractivity contribution is -0.137. The molecule has 3 rings (SSSR count). The van der Waals surface area contributed by atoms with Crippen LogP contribution in [-0.4, -0.2) is 61.9 Å². The molecule has 2 aromatic carbocycles. The molecule has 1 heterocycles. The smallest absolute Gasteiger partial charge is 0.393 e. The zero-order valence-electron chi connectivity index (χ0n) is 17.4. The summed E-state index contributed by atoms with van der Waals surface area (Å²) < 4.78 is 106. The lowest BCUT2D eigenvalue weighted by atomic mass is 10.1. The van der Waals surface area contributed by atoms with Crippen molar-refractivity contribution >= 4 is 25.5 Å². The highest BCUT2D eigenvalue weighted by Crippen LogP contribution is 2.37. The molecule has 0 amide bonds. The zero-order chi connectivity index (χ0) is 25.7. The second-order valence-corrected chi connectivity index (χ2v) is 11.8. The lowest BCUT2D eigenvalue weighted by Gasteiger charge is -2.26. The second kappa shape index (κ2) is 8.58. The third-order valence-corrected chi connectivity index (χ3v) is 9.78. The van der Waals surface area contributed by atoms with Gasteiger partial charge in [-0.15, -0.1) is 0 Å². The molecular formula is C20H18F4N2O6S2. The number of rotatable bonds is 5. The van der Waals surface area contributed by atoms with Crippen LogP contribution < -0.4 is 0 Å². The number of hydrogen-bond acceptors (Lipinski definition) is 6. The number of benzene rings is 2. The van der Waals surface area contributed by atoms with Gasteiger partial charge in [-0.3, -0.25) is 0 Å². The van der Waals surface area contributed by atoms with Gasteiger partial charge in [-0.2, -0.15) is 17.5 Å². The van der Waals surface area contributed by atoms with Crippen molar-refractivity contribution in [3.05, 3.63) is 64.8 Å². The van der Waals surface area contributed by atoms with Gasteiger partial charge < -0.3 is 10.2 Å². The normalized spacial score (nSPS) is 22.0. The molecular weight excluding hydrogens is 504 g/mol. The van der Waals surface area contributed by atoms with Crippen molar-refractivity contribution in [1.82, 2.24) is 4.31 Å². The number of aliphatic hydroxyl groups excluding tert-OH is 1. The largest absolute Gasteiger partial charge is 0.416 e. The average molecular weight is 522 g/mol. The third kappa shape index (κ3) is 4.41. The second-order valence-electron chi connectivity index (χ2n) is 7.80. The Morgan fingerprint density at radius 3 is 2.32 bits per heavy atom.